The van der Waals surface area contributed by atoms with Gasteiger partial charge in [-0.3, -0.25) is 4.90 Å². The van der Waals surface area contributed by atoms with Crippen molar-refractivity contribution in [2.24, 2.45) is 0 Å². The molecule has 0 aromatic heterocycles. The Morgan fingerprint density at radius 1 is 1.50 bits per heavy atom. The molecule has 0 aliphatic carbocycles. The summed E-state index contributed by atoms with van der Waals surface area (Å²) in [5.74, 6) is -0.185. The van der Waals surface area contributed by atoms with Gasteiger partial charge < -0.3 is 10.2 Å². The van der Waals surface area contributed by atoms with E-state index >= 15 is 0 Å². The highest BCUT2D eigenvalue weighted by Crippen LogP contribution is 2.18. The monoisotopic (exact) mass is 223 g/mol. The summed E-state index contributed by atoms with van der Waals surface area (Å²) >= 11 is 0. The summed E-state index contributed by atoms with van der Waals surface area (Å²) in [5, 5.41) is 18.4. The molecule has 1 aliphatic heterocycles. The fraction of sp³-hybridized carbons (Fsp3) is 1.00. The number of aliphatic hydroxyl groups is 2. The lowest BCUT2D eigenvalue weighted by atomic mass is 10.1. The van der Waals surface area contributed by atoms with Crippen molar-refractivity contribution in [3.8, 4) is 0 Å². The lowest BCUT2D eigenvalue weighted by Gasteiger charge is -2.30. The molecule has 1 fully saturated rings. The largest absolute Gasteiger partial charge is 0.395 e. The molecular weight excluding hydrogens is 206 g/mol. The van der Waals surface area contributed by atoms with E-state index in [4.69, 9.17) is 5.11 Å². The topological polar surface area (TPSA) is 77.8 Å². The number of nitrogens with zero attached hydrogens (tertiary/aromatic N) is 1. The van der Waals surface area contributed by atoms with Gasteiger partial charge in [0.25, 0.3) is 0 Å². The molecule has 0 bridgehead atoms. The fourth-order valence-electron chi connectivity index (χ4n) is 1.66. The Morgan fingerprint density at radius 3 is 2.43 bits per heavy atom. The Labute approximate surface area is 84.3 Å². The zero-order valence-corrected chi connectivity index (χ0v) is 9.24. The zero-order valence-electron chi connectivity index (χ0n) is 8.42. The van der Waals surface area contributed by atoms with E-state index in [-0.39, 0.29) is 30.2 Å². The molecule has 1 rings (SSSR count). The maximum Gasteiger partial charge on any atom is 0.154 e. The van der Waals surface area contributed by atoms with Crippen LogP contribution < -0.4 is 0 Å². The SMILES string of the molecule is CC(CO)N(C)C1CS(=O)(=O)CC1O. The van der Waals surface area contributed by atoms with Crippen molar-refractivity contribution < 1.29 is 18.6 Å². The van der Waals surface area contributed by atoms with Crippen molar-refractivity contribution in [1.82, 2.24) is 4.90 Å². The van der Waals surface area contributed by atoms with Crippen molar-refractivity contribution in [1.29, 1.82) is 0 Å². The summed E-state index contributed by atoms with van der Waals surface area (Å²) in [4.78, 5) is 1.72. The van der Waals surface area contributed by atoms with Gasteiger partial charge in [-0.2, -0.15) is 0 Å². The first-order valence-electron chi connectivity index (χ1n) is 4.58. The summed E-state index contributed by atoms with van der Waals surface area (Å²) in [5.41, 5.74) is 0. The van der Waals surface area contributed by atoms with Crippen LogP contribution in [0, 0.1) is 0 Å². The van der Waals surface area contributed by atoms with E-state index in [1.54, 1.807) is 18.9 Å². The van der Waals surface area contributed by atoms with Crippen molar-refractivity contribution in [2.45, 2.75) is 25.1 Å². The molecule has 0 aromatic carbocycles. The summed E-state index contributed by atoms with van der Waals surface area (Å²) in [6.07, 6.45) is -0.834. The quantitative estimate of drug-likeness (QED) is 0.606. The molecular formula is C8H17NO4S. The average molecular weight is 223 g/mol. The first kappa shape index (κ1) is 11.9. The molecule has 1 saturated heterocycles. The molecule has 2 N–H and O–H groups in total. The van der Waals surface area contributed by atoms with Crippen LogP contribution in [0.15, 0.2) is 0 Å². The maximum atomic E-state index is 11.2. The number of sulfone groups is 1. The summed E-state index contributed by atoms with van der Waals surface area (Å²) < 4.78 is 22.4. The molecule has 3 unspecified atom stereocenters. The molecule has 5 nitrogen and oxygen atoms in total. The average Bonchev–Trinajstić information content (AvgIpc) is 2.37. The summed E-state index contributed by atoms with van der Waals surface area (Å²) in [7, 11) is -1.39. The highest BCUT2D eigenvalue weighted by Gasteiger charge is 2.39. The predicted molar refractivity (Wildman–Crippen MR) is 52.8 cm³/mol. The van der Waals surface area contributed by atoms with Gasteiger partial charge in [0, 0.05) is 6.04 Å². The second-order valence-corrected chi connectivity index (χ2v) is 6.06. The molecule has 84 valence electrons. The molecule has 1 aliphatic rings. The minimum Gasteiger partial charge on any atom is -0.395 e. The normalized spacial score (nSPS) is 33.5. The lowest BCUT2D eigenvalue weighted by Crippen LogP contribution is -2.46. The zero-order chi connectivity index (χ0) is 10.9. The summed E-state index contributed by atoms with van der Waals surface area (Å²) in [6.45, 7) is 1.75. The second-order valence-electron chi connectivity index (χ2n) is 3.91. The number of likely N-dealkylation sites (N-methyl/N-ethyl adjacent to an activating group) is 1. The molecule has 0 radical (unpaired) electrons. The minimum atomic E-state index is -3.10. The third-order valence-corrected chi connectivity index (χ3v) is 4.47. The number of hydrogen-bond donors (Lipinski definition) is 2. The molecule has 6 heteroatoms. The van der Waals surface area contributed by atoms with Gasteiger partial charge in [-0.1, -0.05) is 0 Å². The van der Waals surface area contributed by atoms with E-state index < -0.39 is 15.9 Å². The highest BCUT2D eigenvalue weighted by molar-refractivity contribution is 7.91. The first-order chi connectivity index (χ1) is 6.37. The lowest BCUT2D eigenvalue weighted by molar-refractivity contribution is 0.0573. The highest BCUT2D eigenvalue weighted by atomic mass is 32.2. The van der Waals surface area contributed by atoms with Gasteiger partial charge >= 0.3 is 0 Å². The fourth-order valence-corrected chi connectivity index (χ4v) is 3.51. The molecule has 14 heavy (non-hydrogen) atoms. The Morgan fingerprint density at radius 2 is 2.07 bits per heavy atom. The van der Waals surface area contributed by atoms with Gasteiger partial charge in [0.15, 0.2) is 9.84 Å². The maximum absolute atomic E-state index is 11.2. The standard InChI is InChI=1S/C8H17NO4S/c1-6(3-10)9(2)7-4-14(12,13)5-8(7)11/h6-8,10-11H,3-5H2,1-2H3. The Bertz CT molecular complexity index is 290. The molecule has 3 atom stereocenters. The third-order valence-electron chi connectivity index (χ3n) is 2.78. The Hall–Kier alpha value is -0.170. The van der Waals surface area contributed by atoms with Crippen LogP contribution in [-0.4, -0.2) is 66.9 Å². The second kappa shape index (κ2) is 4.14. The van der Waals surface area contributed by atoms with Crippen molar-refractivity contribution in [2.75, 3.05) is 25.2 Å². The van der Waals surface area contributed by atoms with E-state index in [1.165, 1.54) is 0 Å². The van der Waals surface area contributed by atoms with Gasteiger partial charge in [-0.25, -0.2) is 8.42 Å². The van der Waals surface area contributed by atoms with Gasteiger partial charge in [0.2, 0.25) is 0 Å². The van der Waals surface area contributed by atoms with Gasteiger partial charge in [-0.15, -0.1) is 0 Å². The Kier molecular flexibility index (Phi) is 3.52. The number of hydrogen-bond acceptors (Lipinski definition) is 5. The summed E-state index contributed by atoms with van der Waals surface area (Å²) in [6, 6.07) is -0.523. The Balaban J connectivity index is 2.71. The van der Waals surface area contributed by atoms with E-state index in [0.717, 1.165) is 0 Å². The van der Waals surface area contributed by atoms with Crippen LogP contribution >= 0.6 is 0 Å². The van der Waals surface area contributed by atoms with Gasteiger partial charge in [0.05, 0.1) is 30.3 Å². The first-order valence-corrected chi connectivity index (χ1v) is 6.41. The van der Waals surface area contributed by atoms with Crippen LogP contribution in [-0.2, 0) is 9.84 Å². The van der Waals surface area contributed by atoms with Crippen LogP contribution in [0.3, 0.4) is 0 Å². The van der Waals surface area contributed by atoms with Crippen molar-refractivity contribution in [3.63, 3.8) is 0 Å². The van der Waals surface area contributed by atoms with E-state index in [9.17, 15) is 13.5 Å². The van der Waals surface area contributed by atoms with E-state index in [2.05, 4.69) is 0 Å². The minimum absolute atomic E-state index is 0.0188. The molecule has 0 amide bonds. The molecule has 0 saturated carbocycles. The van der Waals surface area contributed by atoms with Crippen LogP contribution in [0.25, 0.3) is 0 Å². The van der Waals surface area contributed by atoms with E-state index in [0.29, 0.717) is 0 Å². The van der Waals surface area contributed by atoms with Crippen LogP contribution in [0.5, 0.6) is 0 Å². The molecule has 0 spiro atoms. The third kappa shape index (κ3) is 2.44. The van der Waals surface area contributed by atoms with Crippen LogP contribution in [0.4, 0.5) is 0 Å². The van der Waals surface area contributed by atoms with E-state index in [1.807, 2.05) is 0 Å². The van der Waals surface area contributed by atoms with Crippen LogP contribution in [0.1, 0.15) is 6.92 Å². The van der Waals surface area contributed by atoms with Gasteiger partial charge in [0.1, 0.15) is 0 Å². The molecule has 0 aromatic rings. The molecule has 1 heterocycles. The number of rotatable bonds is 3. The van der Waals surface area contributed by atoms with Crippen molar-refractivity contribution in [3.05, 3.63) is 0 Å². The van der Waals surface area contributed by atoms with Crippen molar-refractivity contribution >= 4 is 9.84 Å². The smallest absolute Gasteiger partial charge is 0.154 e. The number of aliphatic hydroxyl groups excluding tert-OH is 2. The van der Waals surface area contributed by atoms with Crippen LogP contribution in [0.2, 0.25) is 0 Å². The predicted octanol–water partition coefficient (Wildman–Crippen LogP) is -1.54. The van der Waals surface area contributed by atoms with Gasteiger partial charge in [-0.05, 0) is 14.0 Å².